The van der Waals surface area contributed by atoms with Crippen LogP contribution in [-0.2, 0) is 0 Å². The van der Waals surface area contributed by atoms with E-state index >= 15 is 0 Å². The molecule has 0 aliphatic rings. The molecule has 3 heteroatoms. The monoisotopic (exact) mass is 200 g/mol. The standard InChI is InChI=1S/C11H8N2S/c1-2-6-13-8-12-11(9(13)4-1)10-5-3-7-14-10/h1-8H. The lowest BCUT2D eigenvalue weighted by molar-refractivity contribution is 1.15. The first-order chi connectivity index (χ1) is 6.95. The Bertz CT molecular complexity index is 551. The molecule has 0 fully saturated rings. The highest BCUT2D eigenvalue weighted by Gasteiger charge is 2.05. The van der Waals surface area contributed by atoms with E-state index in [9.17, 15) is 0 Å². The third kappa shape index (κ3) is 1.06. The number of fused-ring (bicyclic) bond motifs is 1. The first kappa shape index (κ1) is 7.76. The number of aromatic nitrogens is 2. The van der Waals surface area contributed by atoms with Crippen LogP contribution in [0.1, 0.15) is 0 Å². The van der Waals surface area contributed by atoms with Gasteiger partial charge < -0.3 is 4.40 Å². The van der Waals surface area contributed by atoms with E-state index in [1.807, 2.05) is 35.1 Å². The highest BCUT2D eigenvalue weighted by atomic mass is 32.1. The lowest BCUT2D eigenvalue weighted by Crippen LogP contribution is -1.78. The molecule has 0 N–H and O–H groups in total. The van der Waals surface area contributed by atoms with Gasteiger partial charge in [0.25, 0.3) is 0 Å². The molecule has 3 rings (SSSR count). The van der Waals surface area contributed by atoms with E-state index in [1.165, 1.54) is 4.88 Å². The van der Waals surface area contributed by atoms with Crippen LogP contribution in [0.2, 0.25) is 0 Å². The summed E-state index contributed by atoms with van der Waals surface area (Å²) < 4.78 is 2.04. The Morgan fingerprint density at radius 2 is 2.14 bits per heavy atom. The zero-order valence-corrected chi connectivity index (χ0v) is 8.24. The van der Waals surface area contributed by atoms with Gasteiger partial charge in [0.1, 0.15) is 5.69 Å². The summed E-state index contributed by atoms with van der Waals surface area (Å²) in [6, 6.07) is 10.3. The number of pyridine rings is 1. The number of rotatable bonds is 1. The molecule has 0 aliphatic heterocycles. The highest BCUT2D eigenvalue weighted by molar-refractivity contribution is 7.13. The van der Waals surface area contributed by atoms with Gasteiger partial charge in [-0.15, -0.1) is 11.3 Å². The summed E-state index contributed by atoms with van der Waals surface area (Å²) in [5.74, 6) is 0. The normalized spacial score (nSPS) is 10.9. The molecule has 3 heterocycles. The molecule has 0 aromatic carbocycles. The maximum atomic E-state index is 4.41. The van der Waals surface area contributed by atoms with E-state index in [1.54, 1.807) is 11.3 Å². The molecule has 0 radical (unpaired) electrons. The van der Waals surface area contributed by atoms with Crippen LogP contribution < -0.4 is 0 Å². The molecule has 2 nitrogen and oxygen atoms in total. The van der Waals surface area contributed by atoms with Crippen LogP contribution in [0.3, 0.4) is 0 Å². The van der Waals surface area contributed by atoms with Crippen molar-refractivity contribution >= 4 is 16.9 Å². The van der Waals surface area contributed by atoms with Gasteiger partial charge in [-0.1, -0.05) is 12.1 Å². The average Bonchev–Trinajstić information content (AvgIpc) is 2.85. The summed E-state index contributed by atoms with van der Waals surface area (Å²) in [6.45, 7) is 0. The Kier molecular flexibility index (Phi) is 1.64. The Balaban J connectivity index is 2.33. The van der Waals surface area contributed by atoms with Gasteiger partial charge in [0.15, 0.2) is 0 Å². The molecule has 3 aromatic heterocycles. The summed E-state index contributed by atoms with van der Waals surface area (Å²) in [5.41, 5.74) is 2.23. The van der Waals surface area contributed by atoms with Crippen LogP contribution in [-0.4, -0.2) is 9.38 Å². The second-order valence-electron chi connectivity index (χ2n) is 3.06. The molecule has 0 unspecified atom stereocenters. The summed E-state index contributed by atoms with van der Waals surface area (Å²) in [6.07, 6.45) is 3.86. The van der Waals surface area contributed by atoms with Gasteiger partial charge in [-0.3, -0.25) is 0 Å². The smallest absolute Gasteiger partial charge is 0.106 e. The van der Waals surface area contributed by atoms with Gasteiger partial charge in [-0.2, -0.15) is 0 Å². The lowest BCUT2D eigenvalue weighted by Gasteiger charge is -1.93. The van der Waals surface area contributed by atoms with E-state index in [2.05, 4.69) is 22.5 Å². The van der Waals surface area contributed by atoms with Crippen LogP contribution in [0, 0.1) is 0 Å². The maximum absolute atomic E-state index is 4.41. The van der Waals surface area contributed by atoms with E-state index in [4.69, 9.17) is 0 Å². The fourth-order valence-electron chi connectivity index (χ4n) is 1.55. The van der Waals surface area contributed by atoms with Crippen molar-refractivity contribution in [2.24, 2.45) is 0 Å². The lowest BCUT2D eigenvalue weighted by atomic mass is 10.3. The van der Waals surface area contributed by atoms with Gasteiger partial charge in [0.2, 0.25) is 0 Å². The van der Waals surface area contributed by atoms with Crippen molar-refractivity contribution in [1.29, 1.82) is 0 Å². The van der Waals surface area contributed by atoms with Crippen molar-refractivity contribution in [3.05, 3.63) is 48.2 Å². The fraction of sp³-hybridized carbons (Fsp3) is 0. The molecule has 0 amide bonds. The molecule has 3 aromatic rings. The maximum Gasteiger partial charge on any atom is 0.106 e. The average molecular weight is 200 g/mol. The minimum atomic E-state index is 1.07. The Hall–Kier alpha value is -1.61. The van der Waals surface area contributed by atoms with E-state index in [-0.39, 0.29) is 0 Å². The third-order valence-corrected chi connectivity index (χ3v) is 3.08. The fourth-order valence-corrected chi connectivity index (χ4v) is 2.28. The van der Waals surface area contributed by atoms with Gasteiger partial charge in [-0.05, 0) is 23.6 Å². The van der Waals surface area contributed by atoms with E-state index in [0.717, 1.165) is 11.2 Å². The molecule has 0 aliphatic carbocycles. The van der Waals surface area contributed by atoms with E-state index in [0.29, 0.717) is 0 Å². The topological polar surface area (TPSA) is 17.3 Å². The van der Waals surface area contributed by atoms with Crippen LogP contribution >= 0.6 is 11.3 Å². The zero-order chi connectivity index (χ0) is 9.38. The largest absolute Gasteiger partial charge is 0.306 e. The molecular weight excluding hydrogens is 192 g/mol. The summed E-state index contributed by atoms with van der Waals surface area (Å²) in [5, 5.41) is 2.07. The molecule has 0 atom stereocenters. The van der Waals surface area contributed by atoms with Crippen molar-refractivity contribution in [2.75, 3.05) is 0 Å². The number of nitrogens with zero attached hydrogens (tertiary/aromatic N) is 2. The molecule has 68 valence electrons. The van der Waals surface area contributed by atoms with Crippen LogP contribution in [0.25, 0.3) is 16.1 Å². The Labute approximate surface area is 85.5 Å². The number of hydrogen-bond acceptors (Lipinski definition) is 2. The Morgan fingerprint density at radius 1 is 1.14 bits per heavy atom. The van der Waals surface area contributed by atoms with Crippen LogP contribution in [0.5, 0.6) is 0 Å². The van der Waals surface area contributed by atoms with Crippen LogP contribution in [0.15, 0.2) is 48.2 Å². The number of hydrogen-bond donors (Lipinski definition) is 0. The first-order valence-corrected chi connectivity index (χ1v) is 5.29. The van der Waals surface area contributed by atoms with Gasteiger partial charge in [0, 0.05) is 6.20 Å². The van der Waals surface area contributed by atoms with E-state index < -0.39 is 0 Å². The molecule has 0 saturated heterocycles. The minimum absolute atomic E-state index is 1.07. The number of imidazole rings is 1. The van der Waals surface area contributed by atoms with Crippen molar-refractivity contribution in [1.82, 2.24) is 9.38 Å². The minimum Gasteiger partial charge on any atom is -0.306 e. The highest BCUT2D eigenvalue weighted by Crippen LogP contribution is 2.26. The second-order valence-corrected chi connectivity index (χ2v) is 4.01. The first-order valence-electron chi connectivity index (χ1n) is 4.41. The molecule has 0 saturated carbocycles. The summed E-state index contributed by atoms with van der Waals surface area (Å²) in [7, 11) is 0. The van der Waals surface area contributed by atoms with Crippen molar-refractivity contribution in [2.45, 2.75) is 0 Å². The van der Waals surface area contributed by atoms with Crippen molar-refractivity contribution < 1.29 is 0 Å². The second kappa shape index (κ2) is 2.96. The van der Waals surface area contributed by atoms with Gasteiger partial charge in [-0.25, -0.2) is 4.98 Å². The Morgan fingerprint density at radius 3 is 3.00 bits per heavy atom. The molecule has 0 bridgehead atoms. The van der Waals surface area contributed by atoms with Crippen LogP contribution in [0.4, 0.5) is 0 Å². The SMILES string of the molecule is c1csc(-c2ncn3ccccc23)c1. The quantitative estimate of drug-likeness (QED) is 0.590. The third-order valence-electron chi connectivity index (χ3n) is 2.20. The molecule has 0 spiro atoms. The molecule has 14 heavy (non-hydrogen) atoms. The predicted molar refractivity (Wildman–Crippen MR) is 58.5 cm³/mol. The zero-order valence-electron chi connectivity index (χ0n) is 7.42. The summed E-state index contributed by atoms with van der Waals surface area (Å²) in [4.78, 5) is 5.63. The predicted octanol–water partition coefficient (Wildman–Crippen LogP) is 3.06. The number of thiophene rings is 1. The van der Waals surface area contributed by atoms with Crippen molar-refractivity contribution in [3.63, 3.8) is 0 Å². The van der Waals surface area contributed by atoms with Crippen molar-refractivity contribution in [3.8, 4) is 10.6 Å². The molecular formula is C11H8N2S. The van der Waals surface area contributed by atoms with Gasteiger partial charge in [0.05, 0.1) is 16.7 Å². The van der Waals surface area contributed by atoms with Gasteiger partial charge >= 0.3 is 0 Å². The summed E-state index contributed by atoms with van der Waals surface area (Å²) >= 11 is 1.72.